The molecule has 0 amide bonds. The molecule has 0 aliphatic carbocycles. The van der Waals surface area contributed by atoms with E-state index in [0.29, 0.717) is 21.2 Å². The van der Waals surface area contributed by atoms with Gasteiger partial charge < -0.3 is 4.42 Å². The zero-order valence-corrected chi connectivity index (χ0v) is 9.29. The van der Waals surface area contributed by atoms with Gasteiger partial charge in [0.05, 0.1) is 10.4 Å². The van der Waals surface area contributed by atoms with Crippen LogP contribution in [0.5, 0.6) is 0 Å². The number of rotatable bonds is 0. The van der Waals surface area contributed by atoms with Crippen molar-refractivity contribution in [3.05, 3.63) is 57.7 Å². The topological polar surface area (TPSA) is 30.2 Å². The second-order valence-electron chi connectivity index (χ2n) is 3.70. The number of hydrogen-bond acceptors (Lipinski definition) is 2. The van der Waals surface area contributed by atoms with Gasteiger partial charge in [-0.3, -0.25) is 0 Å². The van der Waals surface area contributed by atoms with Crippen LogP contribution in [0.1, 0.15) is 0 Å². The summed E-state index contributed by atoms with van der Waals surface area (Å²) in [7, 11) is 0. The van der Waals surface area contributed by atoms with E-state index in [0.717, 1.165) is 0 Å². The molecule has 3 aromatic rings. The molecule has 84 valence electrons. The summed E-state index contributed by atoms with van der Waals surface area (Å²) in [6.45, 7) is 0. The molecule has 0 saturated heterocycles. The minimum atomic E-state index is -0.513. The van der Waals surface area contributed by atoms with Gasteiger partial charge in [-0.15, -0.1) is 0 Å². The summed E-state index contributed by atoms with van der Waals surface area (Å²) in [4.78, 5) is 11.7. The first-order valence-electron chi connectivity index (χ1n) is 4.97. The standard InChI is InChI=1S/C13H6ClFO2/c14-11-3-1-2-8-10-6-7(15)4-5-9(10)13(16)17-12(8)11/h1-6H. The maximum Gasteiger partial charge on any atom is 0.344 e. The largest absolute Gasteiger partial charge is 0.421 e. The molecule has 4 heteroatoms. The summed E-state index contributed by atoms with van der Waals surface area (Å²) in [6, 6.07) is 9.05. The molecule has 0 atom stereocenters. The Morgan fingerprint density at radius 2 is 1.88 bits per heavy atom. The van der Waals surface area contributed by atoms with Gasteiger partial charge in [0.2, 0.25) is 0 Å². The lowest BCUT2D eigenvalue weighted by Crippen LogP contribution is -2.00. The van der Waals surface area contributed by atoms with Gasteiger partial charge in [0, 0.05) is 10.8 Å². The molecule has 1 heterocycles. The Hall–Kier alpha value is -1.87. The van der Waals surface area contributed by atoms with Crippen LogP contribution in [0.25, 0.3) is 21.7 Å². The van der Waals surface area contributed by atoms with Gasteiger partial charge in [-0.25, -0.2) is 9.18 Å². The lowest BCUT2D eigenvalue weighted by molar-refractivity contribution is 0.569. The van der Waals surface area contributed by atoms with Gasteiger partial charge in [0.15, 0.2) is 5.58 Å². The van der Waals surface area contributed by atoms with Crippen LogP contribution in [-0.4, -0.2) is 0 Å². The van der Waals surface area contributed by atoms with E-state index < -0.39 is 11.4 Å². The van der Waals surface area contributed by atoms with Crippen molar-refractivity contribution in [1.29, 1.82) is 0 Å². The van der Waals surface area contributed by atoms with Crippen LogP contribution in [0.15, 0.2) is 45.6 Å². The van der Waals surface area contributed by atoms with Crippen LogP contribution < -0.4 is 5.63 Å². The molecule has 0 fully saturated rings. The van der Waals surface area contributed by atoms with E-state index in [4.69, 9.17) is 16.0 Å². The average Bonchev–Trinajstić information content (AvgIpc) is 2.31. The van der Waals surface area contributed by atoms with Gasteiger partial charge in [-0.1, -0.05) is 23.7 Å². The fourth-order valence-corrected chi connectivity index (χ4v) is 2.10. The molecule has 2 nitrogen and oxygen atoms in total. The Balaban J connectivity index is 2.67. The predicted molar refractivity (Wildman–Crippen MR) is 65.0 cm³/mol. The van der Waals surface area contributed by atoms with Gasteiger partial charge >= 0.3 is 5.63 Å². The summed E-state index contributed by atoms with van der Waals surface area (Å²) in [5, 5.41) is 1.83. The molecule has 17 heavy (non-hydrogen) atoms. The minimum absolute atomic E-state index is 0.289. The van der Waals surface area contributed by atoms with E-state index in [-0.39, 0.29) is 5.58 Å². The fraction of sp³-hybridized carbons (Fsp3) is 0. The summed E-state index contributed by atoms with van der Waals surface area (Å²) >= 11 is 5.94. The van der Waals surface area contributed by atoms with Gasteiger partial charge in [-0.2, -0.15) is 0 Å². The van der Waals surface area contributed by atoms with Crippen LogP contribution in [-0.2, 0) is 0 Å². The first-order chi connectivity index (χ1) is 8.16. The number of para-hydroxylation sites is 1. The average molecular weight is 249 g/mol. The van der Waals surface area contributed by atoms with Crippen LogP contribution >= 0.6 is 11.6 Å². The molecule has 0 saturated carbocycles. The summed E-state index contributed by atoms with van der Waals surface area (Å²) in [5.41, 5.74) is -0.224. The van der Waals surface area contributed by atoms with E-state index in [9.17, 15) is 9.18 Å². The number of hydrogen-bond donors (Lipinski definition) is 0. The summed E-state index contributed by atoms with van der Waals surface area (Å²) in [5.74, 6) is -0.399. The third-order valence-corrected chi connectivity index (χ3v) is 2.95. The van der Waals surface area contributed by atoms with Gasteiger partial charge in [0.25, 0.3) is 0 Å². The van der Waals surface area contributed by atoms with Crippen molar-refractivity contribution in [2.24, 2.45) is 0 Å². The Morgan fingerprint density at radius 3 is 2.71 bits per heavy atom. The lowest BCUT2D eigenvalue weighted by Gasteiger charge is -2.03. The Labute approximate surface area is 100 Å². The Morgan fingerprint density at radius 1 is 1.06 bits per heavy atom. The molecule has 0 bridgehead atoms. The van der Waals surface area contributed by atoms with E-state index in [1.165, 1.54) is 18.2 Å². The highest BCUT2D eigenvalue weighted by atomic mass is 35.5. The van der Waals surface area contributed by atoms with Crippen molar-refractivity contribution in [1.82, 2.24) is 0 Å². The zero-order chi connectivity index (χ0) is 12.0. The summed E-state index contributed by atoms with van der Waals surface area (Å²) in [6.07, 6.45) is 0. The zero-order valence-electron chi connectivity index (χ0n) is 8.54. The van der Waals surface area contributed by atoms with E-state index in [1.54, 1.807) is 18.2 Å². The molecule has 0 aliphatic heterocycles. The molecular formula is C13H6ClFO2. The second kappa shape index (κ2) is 3.57. The molecule has 3 rings (SSSR count). The van der Waals surface area contributed by atoms with Gasteiger partial charge in [0.1, 0.15) is 5.82 Å². The van der Waals surface area contributed by atoms with Crippen molar-refractivity contribution < 1.29 is 8.81 Å². The number of fused-ring (bicyclic) bond motifs is 3. The van der Waals surface area contributed by atoms with Crippen molar-refractivity contribution in [2.45, 2.75) is 0 Å². The van der Waals surface area contributed by atoms with Crippen LogP contribution in [0.4, 0.5) is 4.39 Å². The first kappa shape index (κ1) is 10.3. The monoisotopic (exact) mass is 248 g/mol. The molecular weight excluding hydrogens is 243 g/mol. The molecule has 0 radical (unpaired) electrons. The van der Waals surface area contributed by atoms with Crippen molar-refractivity contribution >= 4 is 33.3 Å². The predicted octanol–water partition coefficient (Wildman–Crippen LogP) is 3.74. The molecule has 0 unspecified atom stereocenters. The highest BCUT2D eigenvalue weighted by Crippen LogP contribution is 2.28. The number of halogens is 2. The normalized spacial score (nSPS) is 11.2. The molecule has 0 N–H and O–H groups in total. The van der Waals surface area contributed by atoms with Crippen molar-refractivity contribution in [2.75, 3.05) is 0 Å². The third-order valence-electron chi connectivity index (χ3n) is 2.65. The van der Waals surface area contributed by atoms with E-state index in [2.05, 4.69) is 0 Å². The lowest BCUT2D eigenvalue weighted by atomic mass is 10.1. The SMILES string of the molecule is O=c1oc2c(Cl)cccc2c2cc(F)ccc12. The molecule has 1 aromatic heterocycles. The van der Waals surface area contributed by atoms with Crippen LogP contribution in [0.3, 0.4) is 0 Å². The second-order valence-corrected chi connectivity index (χ2v) is 4.10. The fourth-order valence-electron chi connectivity index (χ4n) is 1.89. The van der Waals surface area contributed by atoms with Crippen molar-refractivity contribution in [3.8, 4) is 0 Å². The van der Waals surface area contributed by atoms with Crippen LogP contribution in [0, 0.1) is 5.82 Å². The maximum absolute atomic E-state index is 13.2. The van der Waals surface area contributed by atoms with Crippen molar-refractivity contribution in [3.63, 3.8) is 0 Å². The minimum Gasteiger partial charge on any atom is -0.421 e. The number of benzene rings is 2. The van der Waals surface area contributed by atoms with Crippen LogP contribution in [0.2, 0.25) is 5.02 Å². The maximum atomic E-state index is 13.2. The van der Waals surface area contributed by atoms with Gasteiger partial charge in [-0.05, 0) is 24.3 Å². The Bertz CT molecular complexity index is 792. The Kier molecular flexibility index (Phi) is 2.16. The first-order valence-corrected chi connectivity index (χ1v) is 5.35. The third kappa shape index (κ3) is 1.51. The quantitative estimate of drug-likeness (QED) is 0.448. The van der Waals surface area contributed by atoms with E-state index >= 15 is 0 Å². The highest BCUT2D eigenvalue weighted by Gasteiger charge is 2.10. The van der Waals surface area contributed by atoms with E-state index in [1.807, 2.05) is 0 Å². The summed E-state index contributed by atoms with van der Waals surface area (Å²) < 4.78 is 18.4. The molecule has 0 spiro atoms. The smallest absolute Gasteiger partial charge is 0.344 e. The highest BCUT2D eigenvalue weighted by molar-refractivity contribution is 6.35. The molecule has 2 aromatic carbocycles. The molecule has 0 aliphatic rings.